The minimum atomic E-state index is 0.111. The molecule has 2 aromatic heterocycles. The van der Waals surface area contributed by atoms with Crippen LogP contribution in [-0.2, 0) is 9.53 Å². The summed E-state index contributed by atoms with van der Waals surface area (Å²) in [6.07, 6.45) is 10.0. The summed E-state index contributed by atoms with van der Waals surface area (Å²) in [5.41, 5.74) is 1.98. The molecule has 0 spiro atoms. The van der Waals surface area contributed by atoms with E-state index in [2.05, 4.69) is 19.9 Å². The number of hydrogen-bond acceptors (Lipinski definition) is 5. The number of nitrogens with zero attached hydrogens (tertiary/aromatic N) is 5. The normalized spacial score (nSPS) is 25.4. The number of pyridine rings is 1. The van der Waals surface area contributed by atoms with Gasteiger partial charge in [-0.1, -0.05) is 11.6 Å². The van der Waals surface area contributed by atoms with Gasteiger partial charge in [-0.05, 0) is 25.3 Å². The van der Waals surface area contributed by atoms with Gasteiger partial charge in [-0.15, -0.1) is 0 Å². The van der Waals surface area contributed by atoms with Crippen LogP contribution in [0.3, 0.4) is 0 Å². The Labute approximate surface area is 162 Å². The van der Waals surface area contributed by atoms with Crippen LogP contribution in [0, 0.1) is 5.92 Å². The van der Waals surface area contributed by atoms with E-state index in [4.69, 9.17) is 16.3 Å². The van der Waals surface area contributed by atoms with E-state index in [1.807, 2.05) is 12.3 Å². The van der Waals surface area contributed by atoms with Crippen molar-refractivity contribution in [3.05, 3.63) is 35.9 Å². The van der Waals surface area contributed by atoms with Gasteiger partial charge in [0.1, 0.15) is 0 Å². The van der Waals surface area contributed by atoms with Crippen molar-refractivity contribution in [2.24, 2.45) is 5.92 Å². The molecule has 8 heteroatoms. The van der Waals surface area contributed by atoms with Gasteiger partial charge in [0.25, 0.3) is 0 Å². The van der Waals surface area contributed by atoms with Gasteiger partial charge in [-0.2, -0.15) is 5.10 Å². The zero-order valence-electron chi connectivity index (χ0n) is 15.0. The number of piperidine rings is 1. The first-order valence-corrected chi connectivity index (χ1v) is 9.88. The van der Waals surface area contributed by atoms with Crippen molar-refractivity contribution in [2.45, 2.75) is 31.4 Å². The van der Waals surface area contributed by atoms with Crippen LogP contribution in [0.4, 0.5) is 5.69 Å². The summed E-state index contributed by atoms with van der Waals surface area (Å²) in [4.78, 5) is 21.6. The maximum Gasteiger partial charge on any atom is 0.226 e. The van der Waals surface area contributed by atoms with Crippen molar-refractivity contribution in [3.8, 4) is 5.69 Å². The van der Waals surface area contributed by atoms with E-state index in [0.717, 1.165) is 50.3 Å². The maximum absolute atomic E-state index is 12.9. The van der Waals surface area contributed by atoms with Crippen LogP contribution in [0.2, 0.25) is 5.02 Å². The van der Waals surface area contributed by atoms with E-state index >= 15 is 0 Å². The lowest BCUT2D eigenvalue weighted by atomic mass is 9.94. The van der Waals surface area contributed by atoms with E-state index in [9.17, 15) is 4.79 Å². The number of ether oxygens (including phenoxy) is 1. The molecule has 3 aliphatic heterocycles. The molecule has 0 aliphatic carbocycles. The van der Waals surface area contributed by atoms with Crippen LogP contribution in [0.1, 0.15) is 19.3 Å². The average Bonchev–Trinajstić information content (AvgIpc) is 3.45. The van der Waals surface area contributed by atoms with Crippen LogP contribution < -0.4 is 4.90 Å². The van der Waals surface area contributed by atoms with Crippen molar-refractivity contribution in [3.63, 3.8) is 0 Å². The Balaban J connectivity index is 1.28. The fraction of sp³-hybridized carbons (Fsp3) is 0.526. The number of hydrogen-bond donors (Lipinski definition) is 0. The Bertz CT molecular complexity index is 848. The SMILES string of the molecule is O=C(C1CCN(c2cnccc2-n2cc(Cl)cn2)CC1)N1C[C@H]2C[C@@H]1CO2. The first-order chi connectivity index (χ1) is 13.2. The highest BCUT2D eigenvalue weighted by Crippen LogP contribution is 2.33. The van der Waals surface area contributed by atoms with E-state index in [0.29, 0.717) is 23.6 Å². The minimum absolute atomic E-state index is 0.111. The first kappa shape index (κ1) is 17.0. The second kappa shape index (κ2) is 6.80. The van der Waals surface area contributed by atoms with Gasteiger partial charge in [0.05, 0.1) is 47.5 Å². The van der Waals surface area contributed by atoms with Crippen LogP contribution in [0.15, 0.2) is 30.9 Å². The predicted molar refractivity (Wildman–Crippen MR) is 101 cm³/mol. The summed E-state index contributed by atoms with van der Waals surface area (Å²) in [7, 11) is 0. The van der Waals surface area contributed by atoms with Gasteiger partial charge in [-0.25, -0.2) is 4.68 Å². The second-order valence-electron chi connectivity index (χ2n) is 7.56. The molecular weight excluding hydrogens is 366 g/mol. The number of anilines is 1. The number of morpholine rings is 1. The molecule has 2 aromatic rings. The third kappa shape index (κ3) is 3.08. The van der Waals surface area contributed by atoms with Gasteiger partial charge >= 0.3 is 0 Å². The number of rotatable bonds is 3. The average molecular weight is 388 g/mol. The summed E-state index contributed by atoms with van der Waals surface area (Å²) >= 11 is 6.03. The lowest BCUT2D eigenvalue weighted by Crippen LogP contribution is -2.47. The Kier molecular flexibility index (Phi) is 4.28. The van der Waals surface area contributed by atoms with E-state index < -0.39 is 0 Å². The number of halogens is 1. The fourth-order valence-electron chi connectivity index (χ4n) is 4.52. The molecule has 0 N–H and O–H groups in total. The minimum Gasteiger partial charge on any atom is -0.374 e. The molecule has 27 heavy (non-hydrogen) atoms. The molecule has 3 saturated heterocycles. The van der Waals surface area contributed by atoms with Crippen molar-refractivity contribution < 1.29 is 9.53 Å². The second-order valence-corrected chi connectivity index (χ2v) is 8.00. The highest BCUT2D eigenvalue weighted by molar-refractivity contribution is 6.30. The van der Waals surface area contributed by atoms with E-state index in [-0.39, 0.29) is 12.0 Å². The van der Waals surface area contributed by atoms with Gasteiger partial charge < -0.3 is 14.5 Å². The predicted octanol–water partition coefficient (Wildman–Crippen LogP) is 2.14. The molecule has 3 fully saturated rings. The highest BCUT2D eigenvalue weighted by Gasteiger charge is 2.43. The molecule has 0 radical (unpaired) electrons. The summed E-state index contributed by atoms with van der Waals surface area (Å²) in [5, 5.41) is 4.92. The molecule has 2 atom stereocenters. The van der Waals surface area contributed by atoms with Crippen molar-refractivity contribution >= 4 is 23.2 Å². The number of likely N-dealkylation sites (tertiary alicyclic amines) is 1. The number of fused-ring (bicyclic) bond motifs is 2. The number of aromatic nitrogens is 3. The van der Waals surface area contributed by atoms with Crippen LogP contribution in [0.5, 0.6) is 0 Å². The Hall–Kier alpha value is -2.12. The zero-order valence-corrected chi connectivity index (χ0v) is 15.8. The molecule has 3 aliphatic rings. The summed E-state index contributed by atoms with van der Waals surface area (Å²) in [5.74, 6) is 0.426. The fourth-order valence-corrected chi connectivity index (χ4v) is 4.66. The molecule has 1 amide bonds. The Morgan fingerprint density at radius 2 is 2.07 bits per heavy atom. The lowest BCUT2D eigenvalue weighted by molar-refractivity contribution is -0.140. The summed E-state index contributed by atoms with van der Waals surface area (Å²) in [6.45, 7) is 3.16. The number of amides is 1. The molecule has 2 bridgehead atoms. The molecule has 5 heterocycles. The number of carbonyl (C=O) groups excluding carboxylic acids is 1. The summed E-state index contributed by atoms with van der Waals surface area (Å²) in [6, 6.07) is 2.24. The zero-order chi connectivity index (χ0) is 18.4. The molecule has 0 aromatic carbocycles. The molecule has 0 unspecified atom stereocenters. The van der Waals surface area contributed by atoms with Gasteiger partial charge in [0.15, 0.2) is 0 Å². The smallest absolute Gasteiger partial charge is 0.226 e. The van der Waals surface area contributed by atoms with Crippen molar-refractivity contribution in [1.29, 1.82) is 0 Å². The first-order valence-electron chi connectivity index (χ1n) is 9.50. The van der Waals surface area contributed by atoms with Crippen LogP contribution in [0.25, 0.3) is 5.69 Å². The maximum atomic E-state index is 12.9. The van der Waals surface area contributed by atoms with E-state index in [1.165, 1.54) is 0 Å². The standard InChI is InChI=1S/C19H22ClN5O2/c20-14-8-22-25(10-14)17-1-4-21-9-18(17)23-5-2-13(3-6-23)19(26)24-11-16-7-15(24)12-27-16/h1,4,8-10,13,15-16H,2-3,5-7,11-12H2/t15-,16-/m1/s1. The Morgan fingerprint density at radius 3 is 2.74 bits per heavy atom. The monoisotopic (exact) mass is 387 g/mol. The van der Waals surface area contributed by atoms with Gasteiger partial charge in [0, 0.05) is 37.9 Å². The van der Waals surface area contributed by atoms with E-state index in [1.54, 1.807) is 23.3 Å². The van der Waals surface area contributed by atoms with Crippen LogP contribution in [-0.4, -0.2) is 64.0 Å². The topological polar surface area (TPSA) is 63.5 Å². The van der Waals surface area contributed by atoms with Crippen molar-refractivity contribution in [2.75, 3.05) is 31.1 Å². The molecule has 0 saturated carbocycles. The molecule has 7 nitrogen and oxygen atoms in total. The number of carbonyl (C=O) groups is 1. The quantitative estimate of drug-likeness (QED) is 0.807. The third-order valence-corrected chi connectivity index (χ3v) is 6.14. The van der Waals surface area contributed by atoms with Crippen LogP contribution >= 0.6 is 11.6 Å². The van der Waals surface area contributed by atoms with Crippen molar-refractivity contribution in [1.82, 2.24) is 19.7 Å². The largest absolute Gasteiger partial charge is 0.374 e. The molecular formula is C19H22ClN5O2. The lowest BCUT2D eigenvalue weighted by Gasteiger charge is -2.37. The summed E-state index contributed by atoms with van der Waals surface area (Å²) < 4.78 is 7.40. The van der Waals surface area contributed by atoms with Gasteiger partial charge in [-0.3, -0.25) is 9.78 Å². The third-order valence-electron chi connectivity index (χ3n) is 5.94. The van der Waals surface area contributed by atoms with Gasteiger partial charge in [0.2, 0.25) is 5.91 Å². The molecule has 5 rings (SSSR count). The highest BCUT2D eigenvalue weighted by atomic mass is 35.5. The Morgan fingerprint density at radius 1 is 1.22 bits per heavy atom. The molecule has 142 valence electrons.